The monoisotopic (exact) mass is 209 g/mol. The van der Waals surface area contributed by atoms with Gasteiger partial charge in [0.1, 0.15) is 0 Å². The van der Waals surface area contributed by atoms with Gasteiger partial charge in [-0.3, -0.25) is 0 Å². The molecule has 2 atom stereocenters. The molecule has 6 nitrogen and oxygen atoms in total. The third-order valence-electron chi connectivity index (χ3n) is 1.73. The highest BCUT2D eigenvalue weighted by atomic mass is 16.5. The van der Waals surface area contributed by atoms with Gasteiger partial charge >= 0.3 is 0 Å². The average Bonchev–Trinajstić information content (AvgIpc) is 2.02. The summed E-state index contributed by atoms with van der Waals surface area (Å²) in [5, 5.41) is 46.1. The van der Waals surface area contributed by atoms with Gasteiger partial charge in [0.15, 0.2) is 0 Å². The molecule has 86 valence electrons. The highest BCUT2D eigenvalue weighted by Gasteiger charge is 2.27. The van der Waals surface area contributed by atoms with Crippen molar-refractivity contribution < 1.29 is 25.6 Å². The summed E-state index contributed by atoms with van der Waals surface area (Å²) in [6, 6.07) is 0. The fraction of sp³-hybridized carbons (Fsp3) is 1.00. The van der Waals surface area contributed by atoms with Crippen LogP contribution in [-0.4, -0.2) is 68.2 Å². The number of hydroxylamine groups is 2. The van der Waals surface area contributed by atoms with Crippen molar-refractivity contribution in [2.45, 2.75) is 25.0 Å². The zero-order chi connectivity index (χ0) is 11.4. The Labute approximate surface area is 83.0 Å². The molecular formula is C8H19NO5. The maximum Gasteiger partial charge on any atom is 0.0998 e. The van der Waals surface area contributed by atoms with Crippen molar-refractivity contribution in [1.29, 1.82) is 0 Å². The number of nitrogens with zero attached hydrogens (tertiary/aromatic N) is 1. The normalized spacial score (nSPS) is 20.6. The van der Waals surface area contributed by atoms with Crippen LogP contribution in [0.2, 0.25) is 0 Å². The SMILES string of the molecule is CC(O)(CO)CN(O)CC(C)(O)CO. The van der Waals surface area contributed by atoms with E-state index in [1.807, 2.05) is 0 Å². The predicted molar refractivity (Wildman–Crippen MR) is 48.8 cm³/mol. The van der Waals surface area contributed by atoms with Crippen molar-refractivity contribution in [3.63, 3.8) is 0 Å². The first-order valence-electron chi connectivity index (χ1n) is 4.33. The van der Waals surface area contributed by atoms with E-state index in [0.717, 1.165) is 0 Å². The summed E-state index contributed by atoms with van der Waals surface area (Å²) in [7, 11) is 0. The van der Waals surface area contributed by atoms with Crippen LogP contribution in [0.15, 0.2) is 0 Å². The van der Waals surface area contributed by atoms with E-state index in [1.165, 1.54) is 13.8 Å². The zero-order valence-electron chi connectivity index (χ0n) is 8.51. The molecule has 0 amide bonds. The van der Waals surface area contributed by atoms with Gasteiger partial charge in [0.2, 0.25) is 0 Å². The van der Waals surface area contributed by atoms with Crippen LogP contribution in [0.5, 0.6) is 0 Å². The number of aliphatic hydroxyl groups is 4. The Kier molecular flexibility index (Phi) is 4.93. The molecule has 0 radical (unpaired) electrons. The van der Waals surface area contributed by atoms with Crippen LogP contribution in [0, 0.1) is 0 Å². The van der Waals surface area contributed by atoms with Crippen molar-refractivity contribution in [1.82, 2.24) is 5.06 Å². The van der Waals surface area contributed by atoms with Gasteiger partial charge in [-0.1, -0.05) is 0 Å². The van der Waals surface area contributed by atoms with E-state index in [0.29, 0.717) is 5.06 Å². The van der Waals surface area contributed by atoms with Crippen molar-refractivity contribution in [2.24, 2.45) is 0 Å². The summed E-state index contributed by atoms with van der Waals surface area (Å²) in [5.74, 6) is 0. The largest absolute Gasteiger partial charge is 0.393 e. The summed E-state index contributed by atoms with van der Waals surface area (Å²) < 4.78 is 0. The summed E-state index contributed by atoms with van der Waals surface area (Å²) in [5.41, 5.74) is -2.86. The van der Waals surface area contributed by atoms with Crippen molar-refractivity contribution >= 4 is 0 Å². The molecule has 0 aliphatic heterocycles. The Morgan fingerprint density at radius 3 is 1.43 bits per heavy atom. The molecule has 0 aliphatic carbocycles. The summed E-state index contributed by atoms with van der Waals surface area (Å²) in [4.78, 5) is 0. The molecule has 0 aromatic rings. The van der Waals surface area contributed by atoms with Crippen LogP contribution in [0.25, 0.3) is 0 Å². The van der Waals surface area contributed by atoms with Gasteiger partial charge < -0.3 is 25.6 Å². The van der Waals surface area contributed by atoms with Crippen LogP contribution in [0.3, 0.4) is 0 Å². The van der Waals surface area contributed by atoms with E-state index in [1.54, 1.807) is 0 Å². The quantitative estimate of drug-likeness (QED) is 0.329. The van der Waals surface area contributed by atoms with E-state index in [-0.39, 0.29) is 13.1 Å². The fourth-order valence-corrected chi connectivity index (χ4v) is 0.942. The predicted octanol–water partition coefficient (Wildman–Crippen LogP) is -1.84. The van der Waals surface area contributed by atoms with Crippen LogP contribution in [0.1, 0.15) is 13.8 Å². The number of rotatable bonds is 6. The Bertz CT molecular complexity index is 153. The Hall–Kier alpha value is -0.240. The molecule has 0 fully saturated rings. The van der Waals surface area contributed by atoms with E-state index >= 15 is 0 Å². The Balaban J connectivity index is 4.04. The second-order valence-corrected chi connectivity index (χ2v) is 4.13. The van der Waals surface area contributed by atoms with E-state index in [4.69, 9.17) is 10.2 Å². The molecule has 0 saturated heterocycles. The van der Waals surface area contributed by atoms with Gasteiger partial charge in [-0.05, 0) is 13.8 Å². The Morgan fingerprint density at radius 2 is 1.21 bits per heavy atom. The number of hydrogen-bond donors (Lipinski definition) is 5. The van der Waals surface area contributed by atoms with Gasteiger partial charge in [0.25, 0.3) is 0 Å². The second kappa shape index (κ2) is 5.01. The van der Waals surface area contributed by atoms with Crippen molar-refractivity contribution in [3.8, 4) is 0 Å². The number of hydrogen-bond acceptors (Lipinski definition) is 6. The van der Waals surface area contributed by atoms with Crippen LogP contribution < -0.4 is 0 Å². The minimum absolute atomic E-state index is 0.209. The lowest BCUT2D eigenvalue weighted by atomic mass is 10.1. The first-order valence-corrected chi connectivity index (χ1v) is 4.33. The fourth-order valence-electron chi connectivity index (χ4n) is 0.942. The maximum atomic E-state index is 9.37. The van der Waals surface area contributed by atoms with Crippen molar-refractivity contribution in [2.75, 3.05) is 26.3 Å². The lowest BCUT2D eigenvalue weighted by Crippen LogP contribution is -2.48. The molecule has 0 aromatic carbocycles. The van der Waals surface area contributed by atoms with E-state index in [2.05, 4.69) is 0 Å². The summed E-state index contributed by atoms with van der Waals surface area (Å²) in [6.45, 7) is 1.30. The molecule has 0 aromatic heterocycles. The second-order valence-electron chi connectivity index (χ2n) is 4.13. The molecule has 0 saturated carbocycles. The average molecular weight is 209 g/mol. The molecule has 0 aliphatic rings. The van der Waals surface area contributed by atoms with E-state index in [9.17, 15) is 15.4 Å². The summed E-state index contributed by atoms with van der Waals surface area (Å²) >= 11 is 0. The maximum absolute atomic E-state index is 9.37. The van der Waals surface area contributed by atoms with Gasteiger partial charge in [0, 0.05) is 0 Å². The molecule has 0 bridgehead atoms. The van der Waals surface area contributed by atoms with Gasteiger partial charge in [-0.15, -0.1) is 0 Å². The minimum atomic E-state index is -1.43. The first kappa shape index (κ1) is 13.8. The molecule has 5 N–H and O–H groups in total. The van der Waals surface area contributed by atoms with Gasteiger partial charge in [-0.2, -0.15) is 5.06 Å². The molecular weight excluding hydrogens is 190 g/mol. The lowest BCUT2D eigenvalue weighted by molar-refractivity contribution is -0.178. The first-order chi connectivity index (χ1) is 6.22. The van der Waals surface area contributed by atoms with Crippen LogP contribution in [-0.2, 0) is 0 Å². The topological polar surface area (TPSA) is 104 Å². The van der Waals surface area contributed by atoms with E-state index < -0.39 is 24.4 Å². The molecule has 0 spiro atoms. The number of aliphatic hydroxyl groups excluding tert-OH is 2. The lowest BCUT2D eigenvalue weighted by Gasteiger charge is -2.30. The third-order valence-corrected chi connectivity index (χ3v) is 1.73. The van der Waals surface area contributed by atoms with Crippen LogP contribution >= 0.6 is 0 Å². The summed E-state index contributed by atoms with van der Waals surface area (Å²) in [6.07, 6.45) is 0. The zero-order valence-corrected chi connectivity index (χ0v) is 8.51. The molecule has 14 heavy (non-hydrogen) atoms. The highest BCUT2D eigenvalue weighted by Crippen LogP contribution is 2.08. The highest BCUT2D eigenvalue weighted by molar-refractivity contribution is 4.78. The minimum Gasteiger partial charge on any atom is -0.393 e. The standard InChI is InChI=1S/C8H19NO5/c1-7(12,5-10)3-9(14)4-8(2,13)6-11/h10-14H,3-6H2,1-2H3. The molecule has 2 unspecified atom stereocenters. The smallest absolute Gasteiger partial charge is 0.0998 e. The molecule has 0 rings (SSSR count). The van der Waals surface area contributed by atoms with Gasteiger partial charge in [0.05, 0.1) is 37.5 Å². The van der Waals surface area contributed by atoms with Crippen molar-refractivity contribution in [3.05, 3.63) is 0 Å². The van der Waals surface area contributed by atoms with Gasteiger partial charge in [-0.25, -0.2) is 0 Å². The molecule has 0 heterocycles. The molecule has 6 heteroatoms. The third kappa shape index (κ3) is 5.48. The van der Waals surface area contributed by atoms with Crippen LogP contribution in [0.4, 0.5) is 0 Å². The Morgan fingerprint density at radius 1 is 0.929 bits per heavy atom.